The SMILES string of the molecule is CCC(N)(CC)CNCc1ccc(C)s1. The van der Waals surface area contributed by atoms with Crippen LogP contribution in [0.15, 0.2) is 12.1 Å². The molecular formula is C12H22N2S. The summed E-state index contributed by atoms with van der Waals surface area (Å²) in [4.78, 5) is 2.76. The zero-order valence-electron chi connectivity index (χ0n) is 9.97. The Labute approximate surface area is 96.9 Å². The van der Waals surface area contributed by atoms with Gasteiger partial charge in [-0.2, -0.15) is 0 Å². The minimum Gasteiger partial charge on any atom is -0.324 e. The first-order valence-electron chi connectivity index (χ1n) is 5.64. The summed E-state index contributed by atoms with van der Waals surface area (Å²) in [5.74, 6) is 0. The van der Waals surface area contributed by atoms with E-state index in [9.17, 15) is 0 Å². The maximum absolute atomic E-state index is 6.21. The number of nitrogens with two attached hydrogens (primary N) is 1. The van der Waals surface area contributed by atoms with E-state index in [0.717, 1.165) is 25.9 Å². The van der Waals surface area contributed by atoms with Gasteiger partial charge in [0.25, 0.3) is 0 Å². The maximum atomic E-state index is 6.21. The molecule has 0 saturated carbocycles. The molecule has 3 heteroatoms. The highest BCUT2D eigenvalue weighted by molar-refractivity contribution is 7.11. The van der Waals surface area contributed by atoms with E-state index in [1.54, 1.807) is 0 Å². The van der Waals surface area contributed by atoms with Gasteiger partial charge in [0, 0.05) is 28.4 Å². The van der Waals surface area contributed by atoms with Crippen molar-refractivity contribution >= 4 is 11.3 Å². The lowest BCUT2D eigenvalue weighted by Crippen LogP contribution is -2.47. The molecule has 0 radical (unpaired) electrons. The largest absolute Gasteiger partial charge is 0.324 e. The molecule has 3 N–H and O–H groups in total. The van der Waals surface area contributed by atoms with Gasteiger partial charge in [-0.25, -0.2) is 0 Å². The van der Waals surface area contributed by atoms with Crippen LogP contribution in [0.2, 0.25) is 0 Å². The van der Waals surface area contributed by atoms with Crippen molar-refractivity contribution in [1.82, 2.24) is 5.32 Å². The topological polar surface area (TPSA) is 38.0 Å². The summed E-state index contributed by atoms with van der Waals surface area (Å²) in [5.41, 5.74) is 6.17. The lowest BCUT2D eigenvalue weighted by molar-refractivity contribution is 0.370. The highest BCUT2D eigenvalue weighted by Crippen LogP contribution is 2.15. The van der Waals surface area contributed by atoms with Crippen molar-refractivity contribution in [3.8, 4) is 0 Å². The highest BCUT2D eigenvalue weighted by atomic mass is 32.1. The fourth-order valence-electron chi connectivity index (χ4n) is 1.51. The molecule has 1 aromatic heterocycles. The van der Waals surface area contributed by atoms with Crippen LogP contribution < -0.4 is 11.1 Å². The second-order valence-corrected chi connectivity index (χ2v) is 5.56. The Balaban J connectivity index is 2.32. The summed E-state index contributed by atoms with van der Waals surface area (Å²) >= 11 is 1.85. The van der Waals surface area contributed by atoms with E-state index in [1.165, 1.54) is 9.75 Å². The predicted molar refractivity (Wildman–Crippen MR) is 68.3 cm³/mol. The Kier molecular flexibility index (Phi) is 4.77. The Morgan fingerprint density at radius 1 is 1.33 bits per heavy atom. The van der Waals surface area contributed by atoms with Crippen molar-refractivity contribution in [1.29, 1.82) is 0 Å². The summed E-state index contributed by atoms with van der Waals surface area (Å²) < 4.78 is 0. The lowest BCUT2D eigenvalue weighted by atomic mass is 9.94. The van der Waals surface area contributed by atoms with Gasteiger partial charge in [-0.1, -0.05) is 13.8 Å². The normalized spacial score (nSPS) is 12.0. The first kappa shape index (κ1) is 12.7. The van der Waals surface area contributed by atoms with Gasteiger partial charge in [-0.15, -0.1) is 11.3 Å². The van der Waals surface area contributed by atoms with Crippen LogP contribution in [0.3, 0.4) is 0 Å². The standard InChI is InChI=1S/C12H22N2S/c1-4-12(13,5-2)9-14-8-11-7-6-10(3)15-11/h6-7,14H,4-5,8-9,13H2,1-3H3. The van der Waals surface area contributed by atoms with Gasteiger partial charge in [0.15, 0.2) is 0 Å². The molecule has 0 aliphatic carbocycles. The third-order valence-electron chi connectivity index (χ3n) is 2.98. The molecule has 0 saturated heterocycles. The van der Waals surface area contributed by atoms with E-state index in [2.05, 4.69) is 38.2 Å². The molecule has 0 fully saturated rings. The van der Waals surface area contributed by atoms with Crippen molar-refractivity contribution in [3.05, 3.63) is 21.9 Å². The smallest absolute Gasteiger partial charge is 0.0300 e. The van der Waals surface area contributed by atoms with Crippen LogP contribution in [0, 0.1) is 6.92 Å². The van der Waals surface area contributed by atoms with E-state index in [0.29, 0.717) is 0 Å². The predicted octanol–water partition coefficient (Wildman–Crippen LogP) is 2.66. The number of thiophene rings is 1. The number of rotatable bonds is 6. The average Bonchev–Trinajstić information content (AvgIpc) is 2.64. The summed E-state index contributed by atoms with van der Waals surface area (Å²) in [7, 11) is 0. The molecule has 86 valence electrons. The van der Waals surface area contributed by atoms with Gasteiger partial charge >= 0.3 is 0 Å². The fourth-order valence-corrected chi connectivity index (χ4v) is 2.37. The third-order valence-corrected chi connectivity index (χ3v) is 3.98. The number of hydrogen-bond donors (Lipinski definition) is 2. The number of hydrogen-bond acceptors (Lipinski definition) is 3. The van der Waals surface area contributed by atoms with Gasteiger partial charge in [-0.3, -0.25) is 0 Å². The molecule has 0 aromatic carbocycles. The van der Waals surface area contributed by atoms with Crippen molar-refractivity contribution in [2.24, 2.45) is 5.73 Å². The van der Waals surface area contributed by atoms with Crippen LogP contribution in [-0.2, 0) is 6.54 Å². The molecule has 0 unspecified atom stereocenters. The Hall–Kier alpha value is -0.380. The molecule has 15 heavy (non-hydrogen) atoms. The fraction of sp³-hybridized carbons (Fsp3) is 0.667. The van der Waals surface area contributed by atoms with Gasteiger partial charge in [-0.05, 0) is 31.9 Å². The molecule has 0 aliphatic heterocycles. The molecule has 0 amide bonds. The first-order valence-corrected chi connectivity index (χ1v) is 6.46. The van der Waals surface area contributed by atoms with Crippen molar-refractivity contribution in [2.45, 2.75) is 45.7 Å². The molecular weight excluding hydrogens is 204 g/mol. The maximum Gasteiger partial charge on any atom is 0.0300 e. The van der Waals surface area contributed by atoms with Crippen LogP contribution in [0.5, 0.6) is 0 Å². The van der Waals surface area contributed by atoms with Gasteiger partial charge in [0.2, 0.25) is 0 Å². The van der Waals surface area contributed by atoms with Crippen LogP contribution in [-0.4, -0.2) is 12.1 Å². The number of nitrogens with one attached hydrogen (secondary N) is 1. The first-order chi connectivity index (χ1) is 7.09. The number of aryl methyl sites for hydroxylation is 1. The average molecular weight is 226 g/mol. The van der Waals surface area contributed by atoms with Gasteiger partial charge in [0.05, 0.1) is 0 Å². The highest BCUT2D eigenvalue weighted by Gasteiger charge is 2.19. The van der Waals surface area contributed by atoms with E-state index in [-0.39, 0.29) is 5.54 Å². The molecule has 0 bridgehead atoms. The summed E-state index contributed by atoms with van der Waals surface area (Å²) in [6.45, 7) is 8.29. The summed E-state index contributed by atoms with van der Waals surface area (Å²) in [6, 6.07) is 4.35. The van der Waals surface area contributed by atoms with E-state index in [1.807, 2.05) is 11.3 Å². The van der Waals surface area contributed by atoms with Crippen molar-refractivity contribution < 1.29 is 0 Å². The van der Waals surface area contributed by atoms with Crippen LogP contribution in [0.25, 0.3) is 0 Å². The minimum absolute atomic E-state index is 0.0354. The van der Waals surface area contributed by atoms with Crippen molar-refractivity contribution in [3.63, 3.8) is 0 Å². The Morgan fingerprint density at radius 2 is 2.00 bits per heavy atom. The van der Waals surface area contributed by atoms with Crippen LogP contribution in [0.4, 0.5) is 0 Å². The quantitative estimate of drug-likeness (QED) is 0.782. The molecule has 0 spiro atoms. The summed E-state index contributed by atoms with van der Waals surface area (Å²) in [5, 5.41) is 3.44. The second kappa shape index (κ2) is 5.64. The van der Waals surface area contributed by atoms with Crippen LogP contribution >= 0.6 is 11.3 Å². The summed E-state index contributed by atoms with van der Waals surface area (Å²) in [6.07, 6.45) is 2.06. The van der Waals surface area contributed by atoms with Crippen molar-refractivity contribution in [2.75, 3.05) is 6.54 Å². The van der Waals surface area contributed by atoms with E-state index in [4.69, 9.17) is 5.73 Å². The van der Waals surface area contributed by atoms with Gasteiger partial charge in [0.1, 0.15) is 0 Å². The van der Waals surface area contributed by atoms with E-state index >= 15 is 0 Å². The van der Waals surface area contributed by atoms with E-state index < -0.39 is 0 Å². The molecule has 1 aromatic rings. The second-order valence-electron chi connectivity index (χ2n) is 4.19. The minimum atomic E-state index is -0.0354. The zero-order valence-corrected chi connectivity index (χ0v) is 10.8. The molecule has 0 atom stereocenters. The zero-order chi connectivity index (χ0) is 11.3. The Bertz CT molecular complexity index is 290. The van der Waals surface area contributed by atoms with Gasteiger partial charge < -0.3 is 11.1 Å². The molecule has 2 nitrogen and oxygen atoms in total. The molecule has 1 heterocycles. The molecule has 1 rings (SSSR count). The Morgan fingerprint density at radius 3 is 2.47 bits per heavy atom. The third kappa shape index (κ3) is 3.93. The lowest BCUT2D eigenvalue weighted by Gasteiger charge is -2.26. The van der Waals surface area contributed by atoms with Crippen LogP contribution in [0.1, 0.15) is 36.4 Å². The molecule has 0 aliphatic rings. The monoisotopic (exact) mass is 226 g/mol.